The third-order valence-electron chi connectivity index (χ3n) is 5.07. The Balaban J connectivity index is 1.80. The van der Waals surface area contributed by atoms with Crippen LogP contribution in [0.2, 0.25) is 0 Å². The van der Waals surface area contributed by atoms with Crippen molar-refractivity contribution in [3.8, 4) is 6.07 Å². The Labute approximate surface area is 175 Å². The lowest BCUT2D eigenvalue weighted by molar-refractivity contribution is 0.697. The fourth-order valence-corrected chi connectivity index (χ4v) is 3.72. The van der Waals surface area contributed by atoms with E-state index in [9.17, 15) is 5.26 Å². The van der Waals surface area contributed by atoms with Crippen molar-refractivity contribution >= 4 is 21.6 Å². The minimum absolute atomic E-state index is 0.777. The van der Waals surface area contributed by atoms with Crippen molar-refractivity contribution in [3.63, 3.8) is 0 Å². The number of rotatable bonds is 7. The standard InChI is InChI=1S/C23H25BrN4/c1-17-11-21(12-18(2)23(17)13-25)28(15-22-14-26-16-27(22)3)10-4-5-19-6-8-20(24)9-7-19/h6-9,11-12,14,16H,4-5,10,15H2,1-3H3. The molecule has 0 spiro atoms. The summed E-state index contributed by atoms with van der Waals surface area (Å²) in [4.78, 5) is 6.64. The molecule has 0 N–H and O–H groups in total. The van der Waals surface area contributed by atoms with Gasteiger partial charge in [-0.3, -0.25) is 0 Å². The minimum Gasteiger partial charge on any atom is -0.366 e. The molecule has 3 aromatic rings. The number of nitriles is 1. The van der Waals surface area contributed by atoms with Gasteiger partial charge in [0.2, 0.25) is 0 Å². The van der Waals surface area contributed by atoms with Crippen LogP contribution in [0, 0.1) is 25.2 Å². The van der Waals surface area contributed by atoms with Gasteiger partial charge in [0.15, 0.2) is 0 Å². The van der Waals surface area contributed by atoms with Crippen molar-refractivity contribution in [2.75, 3.05) is 11.4 Å². The van der Waals surface area contributed by atoms with Crippen LogP contribution in [-0.2, 0) is 20.0 Å². The van der Waals surface area contributed by atoms with Crippen LogP contribution >= 0.6 is 15.9 Å². The third kappa shape index (κ3) is 4.82. The average Bonchev–Trinajstić information content (AvgIpc) is 3.07. The molecule has 0 saturated heterocycles. The molecule has 0 radical (unpaired) electrons. The lowest BCUT2D eigenvalue weighted by Crippen LogP contribution is -2.25. The van der Waals surface area contributed by atoms with Crippen LogP contribution in [0.4, 0.5) is 5.69 Å². The van der Waals surface area contributed by atoms with E-state index in [1.165, 1.54) is 11.3 Å². The minimum atomic E-state index is 0.777. The maximum Gasteiger partial charge on any atom is 0.0997 e. The highest BCUT2D eigenvalue weighted by molar-refractivity contribution is 9.10. The lowest BCUT2D eigenvalue weighted by Gasteiger charge is -2.26. The number of benzene rings is 2. The summed E-state index contributed by atoms with van der Waals surface area (Å²) in [5.41, 5.74) is 6.50. The first-order valence-corrected chi connectivity index (χ1v) is 10.2. The smallest absolute Gasteiger partial charge is 0.0997 e. The van der Waals surface area contributed by atoms with E-state index in [0.717, 1.165) is 52.8 Å². The predicted octanol–water partition coefficient (Wildman–Crippen LogP) is 5.31. The summed E-state index contributed by atoms with van der Waals surface area (Å²) in [6.07, 6.45) is 5.84. The molecule has 0 fully saturated rings. The molecular formula is C23H25BrN4. The molecule has 0 atom stereocenters. The summed E-state index contributed by atoms with van der Waals surface area (Å²) in [7, 11) is 2.03. The number of imidazole rings is 1. The molecular weight excluding hydrogens is 412 g/mol. The first-order valence-electron chi connectivity index (χ1n) is 9.44. The monoisotopic (exact) mass is 436 g/mol. The van der Waals surface area contributed by atoms with Gasteiger partial charge in [0.05, 0.1) is 30.2 Å². The fraction of sp³-hybridized carbons (Fsp3) is 0.304. The second-order valence-corrected chi connectivity index (χ2v) is 8.13. The Kier molecular flexibility index (Phi) is 6.53. The summed E-state index contributed by atoms with van der Waals surface area (Å²) in [6.45, 7) is 5.76. The molecule has 0 unspecified atom stereocenters. The average molecular weight is 437 g/mol. The zero-order chi connectivity index (χ0) is 20.1. The number of anilines is 1. The first-order chi connectivity index (χ1) is 13.5. The van der Waals surface area contributed by atoms with Crippen LogP contribution in [-0.4, -0.2) is 16.1 Å². The quantitative estimate of drug-likeness (QED) is 0.503. The van der Waals surface area contributed by atoms with Gasteiger partial charge in [-0.05, 0) is 67.6 Å². The summed E-state index contributed by atoms with van der Waals surface area (Å²) in [5, 5.41) is 9.38. The summed E-state index contributed by atoms with van der Waals surface area (Å²) in [6, 6.07) is 15.1. The molecule has 0 bridgehead atoms. The number of aryl methyl sites for hydroxylation is 4. The van der Waals surface area contributed by atoms with Gasteiger partial charge in [-0.1, -0.05) is 28.1 Å². The van der Waals surface area contributed by atoms with Crippen LogP contribution in [0.1, 0.15) is 34.4 Å². The molecule has 0 amide bonds. The Morgan fingerprint density at radius 3 is 2.39 bits per heavy atom. The molecule has 5 heteroatoms. The second kappa shape index (κ2) is 9.07. The number of hydrogen-bond donors (Lipinski definition) is 0. The normalized spacial score (nSPS) is 10.7. The largest absolute Gasteiger partial charge is 0.366 e. The molecule has 1 aromatic heterocycles. The summed E-state index contributed by atoms with van der Waals surface area (Å²) < 4.78 is 3.17. The maximum atomic E-state index is 9.38. The summed E-state index contributed by atoms with van der Waals surface area (Å²) >= 11 is 3.49. The first kappa shape index (κ1) is 20.2. The second-order valence-electron chi connectivity index (χ2n) is 7.21. The fourth-order valence-electron chi connectivity index (χ4n) is 3.46. The van der Waals surface area contributed by atoms with Crippen molar-refractivity contribution in [1.29, 1.82) is 5.26 Å². The van der Waals surface area contributed by atoms with Crippen molar-refractivity contribution in [1.82, 2.24) is 9.55 Å². The highest BCUT2D eigenvalue weighted by atomic mass is 79.9. The van der Waals surface area contributed by atoms with E-state index in [0.29, 0.717) is 0 Å². The topological polar surface area (TPSA) is 44.9 Å². The summed E-state index contributed by atoms with van der Waals surface area (Å²) in [5.74, 6) is 0. The van der Waals surface area contributed by atoms with Crippen LogP contribution in [0.15, 0.2) is 53.4 Å². The zero-order valence-corrected chi connectivity index (χ0v) is 18.2. The van der Waals surface area contributed by atoms with Gasteiger partial charge in [-0.25, -0.2) is 4.98 Å². The molecule has 0 aliphatic carbocycles. The highest BCUT2D eigenvalue weighted by Gasteiger charge is 2.13. The Hall–Kier alpha value is -2.58. The molecule has 2 aromatic carbocycles. The predicted molar refractivity (Wildman–Crippen MR) is 117 cm³/mol. The van der Waals surface area contributed by atoms with E-state index in [2.05, 4.69) is 72.8 Å². The Bertz CT molecular complexity index is 960. The molecule has 0 aliphatic heterocycles. The Morgan fingerprint density at radius 1 is 1.14 bits per heavy atom. The molecule has 28 heavy (non-hydrogen) atoms. The lowest BCUT2D eigenvalue weighted by atomic mass is 10.0. The third-order valence-corrected chi connectivity index (χ3v) is 5.60. The number of aromatic nitrogens is 2. The maximum absolute atomic E-state index is 9.38. The molecule has 1 heterocycles. The van der Waals surface area contributed by atoms with E-state index in [-0.39, 0.29) is 0 Å². The number of hydrogen-bond acceptors (Lipinski definition) is 3. The van der Waals surface area contributed by atoms with Crippen LogP contribution in [0.5, 0.6) is 0 Å². The highest BCUT2D eigenvalue weighted by Crippen LogP contribution is 2.25. The molecule has 144 valence electrons. The van der Waals surface area contributed by atoms with E-state index < -0.39 is 0 Å². The molecule has 0 aliphatic rings. The van der Waals surface area contributed by atoms with E-state index in [1.54, 1.807) is 0 Å². The van der Waals surface area contributed by atoms with Gasteiger partial charge in [0.1, 0.15) is 0 Å². The van der Waals surface area contributed by atoms with Crippen molar-refractivity contribution < 1.29 is 0 Å². The molecule has 0 saturated carbocycles. The van der Waals surface area contributed by atoms with Gasteiger partial charge in [0, 0.05) is 29.9 Å². The van der Waals surface area contributed by atoms with Gasteiger partial charge < -0.3 is 9.47 Å². The van der Waals surface area contributed by atoms with E-state index >= 15 is 0 Å². The SMILES string of the molecule is Cc1cc(N(CCCc2ccc(Br)cc2)Cc2cncn2C)cc(C)c1C#N. The van der Waals surface area contributed by atoms with Crippen LogP contribution < -0.4 is 4.90 Å². The zero-order valence-electron chi connectivity index (χ0n) is 16.6. The van der Waals surface area contributed by atoms with Gasteiger partial charge in [0.25, 0.3) is 0 Å². The number of halogens is 1. The molecule has 4 nitrogen and oxygen atoms in total. The van der Waals surface area contributed by atoms with Crippen LogP contribution in [0.25, 0.3) is 0 Å². The van der Waals surface area contributed by atoms with Gasteiger partial charge in [-0.15, -0.1) is 0 Å². The van der Waals surface area contributed by atoms with Crippen molar-refractivity contribution in [2.24, 2.45) is 7.05 Å². The van der Waals surface area contributed by atoms with E-state index in [4.69, 9.17) is 0 Å². The van der Waals surface area contributed by atoms with Crippen molar-refractivity contribution in [3.05, 3.63) is 81.3 Å². The van der Waals surface area contributed by atoms with Gasteiger partial charge in [-0.2, -0.15) is 5.26 Å². The van der Waals surface area contributed by atoms with Crippen LogP contribution in [0.3, 0.4) is 0 Å². The van der Waals surface area contributed by atoms with E-state index in [1.807, 2.05) is 33.4 Å². The number of nitrogens with zero attached hydrogens (tertiary/aromatic N) is 4. The Morgan fingerprint density at radius 2 is 1.82 bits per heavy atom. The van der Waals surface area contributed by atoms with Crippen molar-refractivity contribution in [2.45, 2.75) is 33.2 Å². The molecule has 3 rings (SSSR count). The van der Waals surface area contributed by atoms with Gasteiger partial charge >= 0.3 is 0 Å².